The van der Waals surface area contributed by atoms with Crippen LogP contribution < -0.4 is 11.1 Å². The molecule has 0 heterocycles. The number of benzene rings is 1. The predicted octanol–water partition coefficient (Wildman–Crippen LogP) is 2.77. The first-order valence-corrected chi connectivity index (χ1v) is 6.58. The van der Waals surface area contributed by atoms with E-state index in [-0.39, 0.29) is 0 Å². The Balaban J connectivity index is 2.32. The molecule has 0 radical (unpaired) electrons. The number of nitrogens with one attached hydrogen (secondary N) is 1. The van der Waals surface area contributed by atoms with Gasteiger partial charge in [0.2, 0.25) is 0 Å². The Hall–Kier alpha value is -0.380. The van der Waals surface area contributed by atoms with Gasteiger partial charge in [0.15, 0.2) is 0 Å². The van der Waals surface area contributed by atoms with Crippen LogP contribution in [0.4, 0.5) is 0 Å². The zero-order valence-electron chi connectivity index (χ0n) is 10.0. The molecule has 2 nitrogen and oxygen atoms in total. The summed E-state index contributed by atoms with van der Waals surface area (Å²) in [6.45, 7) is 7.10. The molecule has 0 fully saturated rings. The van der Waals surface area contributed by atoms with E-state index in [1.165, 1.54) is 5.56 Å². The van der Waals surface area contributed by atoms with E-state index in [0.29, 0.717) is 11.8 Å². The molecule has 0 aliphatic heterocycles. The van der Waals surface area contributed by atoms with Gasteiger partial charge in [-0.05, 0) is 42.6 Å². The van der Waals surface area contributed by atoms with E-state index in [2.05, 4.69) is 59.4 Å². The quantitative estimate of drug-likeness (QED) is 0.843. The van der Waals surface area contributed by atoms with Crippen LogP contribution in [-0.4, -0.2) is 13.1 Å². The number of hydrogen-bond donors (Lipinski definition) is 2. The maximum atomic E-state index is 5.73. The van der Waals surface area contributed by atoms with Crippen LogP contribution in [0.25, 0.3) is 0 Å². The van der Waals surface area contributed by atoms with E-state index in [1.54, 1.807) is 0 Å². The molecule has 3 heteroatoms. The second kappa shape index (κ2) is 7.05. The average molecular weight is 285 g/mol. The van der Waals surface area contributed by atoms with Gasteiger partial charge in [0, 0.05) is 11.0 Å². The first kappa shape index (κ1) is 13.7. The molecule has 3 N–H and O–H groups in total. The van der Waals surface area contributed by atoms with Crippen molar-refractivity contribution in [2.75, 3.05) is 13.1 Å². The lowest BCUT2D eigenvalue weighted by Gasteiger charge is -2.19. The van der Waals surface area contributed by atoms with Gasteiger partial charge in [-0.1, -0.05) is 41.9 Å². The van der Waals surface area contributed by atoms with E-state index in [0.717, 1.165) is 24.1 Å². The molecule has 1 aromatic rings. The van der Waals surface area contributed by atoms with Crippen LogP contribution >= 0.6 is 15.9 Å². The zero-order chi connectivity index (χ0) is 12.0. The van der Waals surface area contributed by atoms with Gasteiger partial charge >= 0.3 is 0 Å². The van der Waals surface area contributed by atoms with Crippen LogP contribution in [0.5, 0.6) is 0 Å². The van der Waals surface area contributed by atoms with Crippen molar-refractivity contribution in [3.05, 3.63) is 34.3 Å². The van der Waals surface area contributed by atoms with E-state index >= 15 is 0 Å². The number of halogens is 1. The predicted molar refractivity (Wildman–Crippen MR) is 73.2 cm³/mol. The van der Waals surface area contributed by atoms with Gasteiger partial charge in [-0.3, -0.25) is 0 Å². The molecule has 1 unspecified atom stereocenters. The third kappa shape index (κ3) is 4.64. The highest BCUT2D eigenvalue weighted by atomic mass is 79.9. The first-order chi connectivity index (χ1) is 7.63. The Morgan fingerprint density at radius 2 is 1.88 bits per heavy atom. The maximum absolute atomic E-state index is 5.73. The molecule has 90 valence electrons. The molecule has 0 aliphatic rings. The van der Waals surface area contributed by atoms with Gasteiger partial charge in [0.1, 0.15) is 0 Å². The molecule has 0 saturated heterocycles. The van der Waals surface area contributed by atoms with E-state index in [4.69, 9.17) is 5.73 Å². The summed E-state index contributed by atoms with van der Waals surface area (Å²) in [5.74, 6) is 1.21. The molecule has 0 bridgehead atoms. The summed E-state index contributed by atoms with van der Waals surface area (Å²) >= 11 is 3.43. The lowest BCUT2D eigenvalue weighted by molar-refractivity contribution is 0.370. The van der Waals surface area contributed by atoms with Crippen LogP contribution in [0.3, 0.4) is 0 Å². The van der Waals surface area contributed by atoms with Crippen molar-refractivity contribution in [2.45, 2.75) is 20.4 Å². The minimum absolute atomic E-state index is 0.565. The van der Waals surface area contributed by atoms with Crippen molar-refractivity contribution in [1.82, 2.24) is 5.32 Å². The van der Waals surface area contributed by atoms with Crippen LogP contribution in [0.1, 0.15) is 19.4 Å². The first-order valence-electron chi connectivity index (χ1n) is 5.78. The second-order valence-corrected chi connectivity index (χ2v) is 5.41. The van der Waals surface area contributed by atoms with E-state index in [1.807, 2.05) is 0 Å². The molecule has 1 atom stereocenters. The Bertz CT molecular complexity index is 295. The van der Waals surface area contributed by atoms with Gasteiger partial charge in [0.05, 0.1) is 0 Å². The lowest BCUT2D eigenvalue weighted by atomic mass is 9.96. The smallest absolute Gasteiger partial charge is 0.0205 e. The van der Waals surface area contributed by atoms with Crippen LogP contribution in [0.2, 0.25) is 0 Å². The van der Waals surface area contributed by atoms with Crippen molar-refractivity contribution in [1.29, 1.82) is 0 Å². The van der Waals surface area contributed by atoms with Gasteiger partial charge in [-0.25, -0.2) is 0 Å². The second-order valence-electron chi connectivity index (χ2n) is 4.50. The van der Waals surface area contributed by atoms with Crippen LogP contribution in [-0.2, 0) is 6.54 Å². The molecule has 0 spiro atoms. The Morgan fingerprint density at radius 1 is 1.25 bits per heavy atom. The monoisotopic (exact) mass is 284 g/mol. The largest absolute Gasteiger partial charge is 0.330 e. The summed E-state index contributed by atoms with van der Waals surface area (Å²) in [5.41, 5.74) is 7.03. The Labute approximate surface area is 107 Å². The summed E-state index contributed by atoms with van der Waals surface area (Å²) in [4.78, 5) is 0. The standard InChI is InChI=1S/C13H21BrN2/c1-10(2)12(7-15)9-16-8-11-3-5-13(14)6-4-11/h3-6,10,12,16H,7-9,15H2,1-2H3. The van der Waals surface area contributed by atoms with Crippen molar-refractivity contribution in [3.8, 4) is 0 Å². The maximum Gasteiger partial charge on any atom is 0.0205 e. The van der Waals surface area contributed by atoms with Crippen molar-refractivity contribution < 1.29 is 0 Å². The van der Waals surface area contributed by atoms with Crippen LogP contribution in [0.15, 0.2) is 28.7 Å². The molecular weight excluding hydrogens is 264 g/mol. The molecule has 0 aliphatic carbocycles. The molecule has 16 heavy (non-hydrogen) atoms. The summed E-state index contributed by atoms with van der Waals surface area (Å²) in [5, 5.41) is 3.46. The third-order valence-electron chi connectivity index (χ3n) is 2.89. The van der Waals surface area contributed by atoms with Crippen molar-refractivity contribution in [2.24, 2.45) is 17.6 Å². The summed E-state index contributed by atoms with van der Waals surface area (Å²) in [6.07, 6.45) is 0. The highest BCUT2D eigenvalue weighted by Crippen LogP contribution is 2.11. The highest BCUT2D eigenvalue weighted by molar-refractivity contribution is 9.10. The number of nitrogens with two attached hydrogens (primary N) is 1. The topological polar surface area (TPSA) is 38.0 Å². The highest BCUT2D eigenvalue weighted by Gasteiger charge is 2.10. The molecule has 0 saturated carbocycles. The number of rotatable bonds is 6. The van der Waals surface area contributed by atoms with Crippen molar-refractivity contribution in [3.63, 3.8) is 0 Å². The van der Waals surface area contributed by atoms with Gasteiger partial charge in [0.25, 0.3) is 0 Å². The third-order valence-corrected chi connectivity index (χ3v) is 3.42. The SMILES string of the molecule is CC(C)C(CN)CNCc1ccc(Br)cc1. The molecule has 1 aromatic carbocycles. The Morgan fingerprint density at radius 3 is 2.38 bits per heavy atom. The summed E-state index contributed by atoms with van der Waals surface area (Å²) in [6, 6.07) is 8.40. The van der Waals surface area contributed by atoms with Gasteiger partial charge in [-0.2, -0.15) is 0 Å². The summed E-state index contributed by atoms with van der Waals surface area (Å²) in [7, 11) is 0. The van der Waals surface area contributed by atoms with Crippen LogP contribution in [0, 0.1) is 11.8 Å². The fourth-order valence-corrected chi connectivity index (χ4v) is 1.86. The van der Waals surface area contributed by atoms with E-state index < -0.39 is 0 Å². The molecule has 0 amide bonds. The van der Waals surface area contributed by atoms with Crippen molar-refractivity contribution >= 4 is 15.9 Å². The lowest BCUT2D eigenvalue weighted by Crippen LogP contribution is -2.31. The minimum Gasteiger partial charge on any atom is -0.330 e. The van der Waals surface area contributed by atoms with Gasteiger partial charge < -0.3 is 11.1 Å². The van der Waals surface area contributed by atoms with Gasteiger partial charge in [-0.15, -0.1) is 0 Å². The van der Waals surface area contributed by atoms with E-state index in [9.17, 15) is 0 Å². The fraction of sp³-hybridized carbons (Fsp3) is 0.538. The summed E-state index contributed by atoms with van der Waals surface area (Å²) < 4.78 is 1.12. The number of hydrogen-bond acceptors (Lipinski definition) is 2. The minimum atomic E-state index is 0.565. The Kier molecular flexibility index (Phi) is 6.03. The molecule has 1 rings (SSSR count). The molecular formula is C13H21BrN2. The molecule has 0 aromatic heterocycles. The normalized spacial score (nSPS) is 13.1. The average Bonchev–Trinajstić information content (AvgIpc) is 2.26. The zero-order valence-corrected chi connectivity index (χ0v) is 11.6. The fourth-order valence-electron chi connectivity index (χ4n) is 1.60.